The number of nitro benzene ring substituents is 1. The molecule has 0 bridgehead atoms. The minimum atomic E-state index is -0.347. The van der Waals surface area contributed by atoms with Gasteiger partial charge in [0.1, 0.15) is 0 Å². The van der Waals surface area contributed by atoms with E-state index in [-0.39, 0.29) is 16.9 Å². The third-order valence-corrected chi connectivity index (χ3v) is 3.49. The fourth-order valence-electron chi connectivity index (χ4n) is 2.51. The standard InChI is InChI=1S/C14H16N2O4/c17-16(18)13-4-1-3-12-11(13)5-7-15(12)8-6-14-19-9-2-10-20-14/h1,3-5,7,14H,2,6,8-10H2. The molecule has 1 aliphatic heterocycles. The van der Waals surface area contributed by atoms with Crippen molar-refractivity contribution in [3.63, 3.8) is 0 Å². The molecule has 0 N–H and O–H groups in total. The van der Waals surface area contributed by atoms with E-state index in [1.165, 1.54) is 6.07 Å². The predicted molar refractivity (Wildman–Crippen MR) is 73.5 cm³/mol. The monoisotopic (exact) mass is 276 g/mol. The number of benzene rings is 1. The number of hydrogen-bond donors (Lipinski definition) is 0. The van der Waals surface area contributed by atoms with Gasteiger partial charge in [-0.2, -0.15) is 0 Å². The van der Waals surface area contributed by atoms with Crippen LogP contribution in [0.4, 0.5) is 5.69 Å². The Kier molecular flexibility index (Phi) is 3.66. The SMILES string of the molecule is O=[N+]([O-])c1cccc2c1ccn2CCC1OCCCO1. The van der Waals surface area contributed by atoms with Gasteiger partial charge >= 0.3 is 0 Å². The van der Waals surface area contributed by atoms with Crippen LogP contribution >= 0.6 is 0 Å². The van der Waals surface area contributed by atoms with Gasteiger partial charge in [-0.25, -0.2) is 0 Å². The number of nitrogens with zero attached hydrogens (tertiary/aromatic N) is 2. The Morgan fingerprint density at radius 2 is 2.10 bits per heavy atom. The van der Waals surface area contributed by atoms with Crippen molar-refractivity contribution in [1.29, 1.82) is 0 Å². The van der Waals surface area contributed by atoms with E-state index in [1.807, 2.05) is 16.8 Å². The normalized spacial score (nSPS) is 16.6. The van der Waals surface area contributed by atoms with Crippen LogP contribution in [0.1, 0.15) is 12.8 Å². The highest BCUT2D eigenvalue weighted by molar-refractivity contribution is 5.89. The topological polar surface area (TPSA) is 66.5 Å². The summed E-state index contributed by atoms with van der Waals surface area (Å²) in [6, 6.07) is 6.92. The molecular weight excluding hydrogens is 260 g/mol. The molecule has 0 radical (unpaired) electrons. The van der Waals surface area contributed by atoms with Crippen LogP contribution in [-0.4, -0.2) is 29.0 Å². The molecule has 0 amide bonds. The summed E-state index contributed by atoms with van der Waals surface area (Å²) in [5.41, 5.74) is 1.02. The first kappa shape index (κ1) is 13.1. The fraction of sp³-hybridized carbons (Fsp3) is 0.429. The van der Waals surface area contributed by atoms with Gasteiger partial charge in [0.05, 0.1) is 29.0 Å². The highest BCUT2D eigenvalue weighted by atomic mass is 16.7. The Bertz CT molecular complexity index is 617. The summed E-state index contributed by atoms with van der Waals surface area (Å²) in [7, 11) is 0. The molecule has 0 unspecified atom stereocenters. The lowest BCUT2D eigenvalue weighted by Gasteiger charge is -2.23. The molecule has 0 saturated carbocycles. The van der Waals surface area contributed by atoms with Crippen molar-refractivity contribution in [2.24, 2.45) is 0 Å². The number of fused-ring (bicyclic) bond motifs is 1. The van der Waals surface area contributed by atoms with Gasteiger partial charge in [-0.05, 0) is 18.6 Å². The second-order valence-corrected chi connectivity index (χ2v) is 4.79. The van der Waals surface area contributed by atoms with Crippen molar-refractivity contribution in [3.8, 4) is 0 Å². The molecular formula is C14H16N2O4. The van der Waals surface area contributed by atoms with Crippen LogP contribution in [0.5, 0.6) is 0 Å². The maximum absolute atomic E-state index is 11.0. The molecule has 0 aliphatic carbocycles. The molecule has 1 saturated heterocycles. The smallest absolute Gasteiger partial charge is 0.278 e. The number of non-ortho nitro benzene ring substituents is 1. The highest BCUT2D eigenvalue weighted by Gasteiger charge is 2.16. The highest BCUT2D eigenvalue weighted by Crippen LogP contribution is 2.26. The molecule has 2 aromatic rings. The minimum Gasteiger partial charge on any atom is -0.353 e. The van der Waals surface area contributed by atoms with Gasteiger partial charge < -0.3 is 14.0 Å². The number of hydrogen-bond acceptors (Lipinski definition) is 4. The van der Waals surface area contributed by atoms with E-state index in [4.69, 9.17) is 9.47 Å². The van der Waals surface area contributed by atoms with Gasteiger partial charge in [0.15, 0.2) is 6.29 Å². The summed E-state index contributed by atoms with van der Waals surface area (Å²) in [5, 5.41) is 11.7. The van der Waals surface area contributed by atoms with Crippen molar-refractivity contribution in [2.75, 3.05) is 13.2 Å². The van der Waals surface area contributed by atoms with Gasteiger partial charge in [-0.3, -0.25) is 10.1 Å². The first-order valence-corrected chi connectivity index (χ1v) is 6.71. The maximum atomic E-state index is 11.0. The molecule has 0 atom stereocenters. The van der Waals surface area contributed by atoms with E-state index in [2.05, 4.69) is 0 Å². The zero-order valence-electron chi connectivity index (χ0n) is 11.0. The van der Waals surface area contributed by atoms with Crippen LogP contribution in [0.25, 0.3) is 10.9 Å². The first-order chi connectivity index (χ1) is 9.75. The Hall–Kier alpha value is -1.92. The van der Waals surface area contributed by atoms with Gasteiger partial charge in [-0.15, -0.1) is 0 Å². The summed E-state index contributed by atoms with van der Waals surface area (Å²) in [4.78, 5) is 10.6. The number of nitro groups is 1. The van der Waals surface area contributed by atoms with E-state index in [1.54, 1.807) is 12.1 Å². The van der Waals surface area contributed by atoms with Crippen molar-refractivity contribution < 1.29 is 14.4 Å². The second kappa shape index (κ2) is 5.60. The molecule has 1 aromatic carbocycles. The lowest BCUT2D eigenvalue weighted by molar-refractivity contribution is -0.383. The van der Waals surface area contributed by atoms with Crippen molar-refractivity contribution >= 4 is 16.6 Å². The van der Waals surface area contributed by atoms with E-state index >= 15 is 0 Å². The average Bonchev–Trinajstić information content (AvgIpc) is 2.89. The molecule has 1 fully saturated rings. The predicted octanol–water partition coefficient (Wildman–Crippen LogP) is 2.70. The third kappa shape index (κ3) is 2.52. The molecule has 1 aliphatic rings. The Balaban J connectivity index is 1.78. The Morgan fingerprint density at radius 3 is 2.85 bits per heavy atom. The number of aryl methyl sites for hydroxylation is 1. The van der Waals surface area contributed by atoms with E-state index in [0.717, 1.165) is 38.1 Å². The van der Waals surface area contributed by atoms with E-state index in [0.29, 0.717) is 5.39 Å². The molecule has 106 valence electrons. The van der Waals surface area contributed by atoms with Gasteiger partial charge in [-0.1, -0.05) is 6.07 Å². The minimum absolute atomic E-state index is 0.145. The largest absolute Gasteiger partial charge is 0.353 e. The lowest BCUT2D eigenvalue weighted by Crippen LogP contribution is -2.25. The van der Waals surface area contributed by atoms with Crippen LogP contribution in [0.3, 0.4) is 0 Å². The summed E-state index contributed by atoms with van der Waals surface area (Å²) in [5.74, 6) is 0. The lowest BCUT2D eigenvalue weighted by atomic mass is 10.2. The molecule has 0 spiro atoms. The number of ether oxygens (including phenoxy) is 2. The van der Waals surface area contributed by atoms with Gasteiger partial charge in [0.25, 0.3) is 5.69 Å². The summed E-state index contributed by atoms with van der Waals surface area (Å²) in [6.07, 6.45) is 3.39. The second-order valence-electron chi connectivity index (χ2n) is 4.79. The van der Waals surface area contributed by atoms with Crippen LogP contribution in [0.15, 0.2) is 30.5 Å². The average molecular weight is 276 g/mol. The quantitative estimate of drug-likeness (QED) is 0.636. The van der Waals surface area contributed by atoms with Crippen LogP contribution in [-0.2, 0) is 16.0 Å². The zero-order chi connectivity index (χ0) is 13.9. The zero-order valence-corrected chi connectivity index (χ0v) is 11.0. The maximum Gasteiger partial charge on any atom is 0.278 e. The van der Waals surface area contributed by atoms with Crippen LogP contribution in [0.2, 0.25) is 0 Å². The number of aromatic nitrogens is 1. The summed E-state index contributed by atoms with van der Waals surface area (Å²) < 4.78 is 13.0. The summed E-state index contributed by atoms with van der Waals surface area (Å²) >= 11 is 0. The van der Waals surface area contributed by atoms with E-state index < -0.39 is 0 Å². The molecule has 2 heterocycles. The van der Waals surface area contributed by atoms with E-state index in [9.17, 15) is 10.1 Å². The fourth-order valence-corrected chi connectivity index (χ4v) is 2.51. The molecule has 6 heteroatoms. The van der Waals surface area contributed by atoms with Crippen LogP contribution < -0.4 is 0 Å². The Labute approximate surface area is 116 Å². The third-order valence-electron chi connectivity index (χ3n) is 3.49. The molecule has 3 rings (SSSR count). The first-order valence-electron chi connectivity index (χ1n) is 6.71. The Morgan fingerprint density at radius 1 is 1.30 bits per heavy atom. The summed E-state index contributed by atoms with van der Waals surface area (Å²) in [6.45, 7) is 2.19. The van der Waals surface area contributed by atoms with Crippen molar-refractivity contribution in [3.05, 3.63) is 40.6 Å². The van der Waals surface area contributed by atoms with Crippen molar-refractivity contribution in [1.82, 2.24) is 4.57 Å². The molecule has 6 nitrogen and oxygen atoms in total. The van der Waals surface area contributed by atoms with Crippen LogP contribution in [0, 0.1) is 10.1 Å². The number of rotatable bonds is 4. The molecule has 1 aromatic heterocycles. The van der Waals surface area contributed by atoms with Gasteiger partial charge in [0, 0.05) is 25.2 Å². The molecule has 20 heavy (non-hydrogen) atoms. The van der Waals surface area contributed by atoms with Crippen molar-refractivity contribution in [2.45, 2.75) is 25.7 Å². The van der Waals surface area contributed by atoms with Gasteiger partial charge in [0.2, 0.25) is 0 Å².